The van der Waals surface area contributed by atoms with E-state index in [1.165, 1.54) is 5.56 Å². The Morgan fingerprint density at radius 3 is 2.67 bits per heavy atom. The molecule has 21 heavy (non-hydrogen) atoms. The molecule has 3 rings (SSSR count). The average Bonchev–Trinajstić information content (AvgIpc) is 2.93. The van der Waals surface area contributed by atoms with E-state index in [0.717, 1.165) is 28.1 Å². The number of anilines is 1. The minimum Gasteiger partial charge on any atom is -0.381 e. The summed E-state index contributed by atoms with van der Waals surface area (Å²) in [4.78, 5) is 0. The Kier molecular flexibility index (Phi) is 3.96. The molecule has 1 N–H and O–H groups in total. The van der Waals surface area contributed by atoms with E-state index < -0.39 is 0 Å². The minimum absolute atomic E-state index is 0.752. The third kappa shape index (κ3) is 3.28. The van der Waals surface area contributed by atoms with Gasteiger partial charge in [0.2, 0.25) is 0 Å². The first-order valence-electron chi connectivity index (χ1n) is 6.53. The summed E-state index contributed by atoms with van der Waals surface area (Å²) in [7, 11) is 1.83. The fraction of sp³-hybridized carbons (Fsp3) is 0.133. The molecule has 0 spiro atoms. The number of hydrogen-bond donors (Lipinski definition) is 1. The second kappa shape index (κ2) is 6.05. The lowest BCUT2D eigenvalue weighted by atomic mass is 10.1. The molecule has 0 atom stereocenters. The van der Waals surface area contributed by atoms with Gasteiger partial charge in [0.15, 0.2) is 5.82 Å². The topological polar surface area (TPSA) is 55.6 Å². The van der Waals surface area contributed by atoms with Gasteiger partial charge in [-0.25, -0.2) is 4.68 Å². The summed E-state index contributed by atoms with van der Waals surface area (Å²) in [5.74, 6) is 0.752. The van der Waals surface area contributed by atoms with Gasteiger partial charge in [0.1, 0.15) is 0 Å². The van der Waals surface area contributed by atoms with Crippen LogP contribution in [0, 0.1) is 0 Å². The molecule has 0 aliphatic heterocycles. The van der Waals surface area contributed by atoms with Crippen molar-refractivity contribution in [2.75, 3.05) is 5.32 Å². The maximum absolute atomic E-state index is 4.02. The summed E-state index contributed by atoms with van der Waals surface area (Å²) in [5, 5.41) is 15.0. The van der Waals surface area contributed by atoms with Crippen LogP contribution in [0.4, 0.5) is 5.69 Å². The molecule has 0 radical (unpaired) electrons. The van der Waals surface area contributed by atoms with E-state index in [1.54, 1.807) is 4.68 Å². The molecule has 0 unspecified atom stereocenters. The minimum atomic E-state index is 0.752. The van der Waals surface area contributed by atoms with Gasteiger partial charge in [-0.3, -0.25) is 0 Å². The lowest BCUT2D eigenvalue weighted by Crippen LogP contribution is -2.00. The molecule has 0 aliphatic rings. The number of tetrazole rings is 1. The van der Waals surface area contributed by atoms with Gasteiger partial charge in [0.25, 0.3) is 0 Å². The third-order valence-corrected chi connectivity index (χ3v) is 3.68. The van der Waals surface area contributed by atoms with Gasteiger partial charge < -0.3 is 5.32 Å². The number of nitrogens with zero attached hydrogens (tertiary/aromatic N) is 4. The molecule has 0 amide bonds. The van der Waals surface area contributed by atoms with E-state index in [4.69, 9.17) is 0 Å². The van der Waals surface area contributed by atoms with Crippen LogP contribution in [-0.4, -0.2) is 20.2 Å². The van der Waals surface area contributed by atoms with E-state index in [0.29, 0.717) is 0 Å². The lowest BCUT2D eigenvalue weighted by molar-refractivity contribution is 0.714. The first-order chi connectivity index (χ1) is 10.2. The molecule has 1 aromatic heterocycles. The Balaban J connectivity index is 1.74. The molecule has 2 aromatic carbocycles. The molecule has 0 bridgehead atoms. The molecule has 0 aliphatic carbocycles. The van der Waals surface area contributed by atoms with Gasteiger partial charge in [0.05, 0.1) is 0 Å². The largest absolute Gasteiger partial charge is 0.381 e. The monoisotopic (exact) mass is 343 g/mol. The molecule has 106 valence electrons. The zero-order valence-corrected chi connectivity index (χ0v) is 13.1. The predicted molar refractivity (Wildman–Crippen MR) is 85.7 cm³/mol. The van der Waals surface area contributed by atoms with Crippen molar-refractivity contribution >= 4 is 21.6 Å². The number of rotatable bonds is 4. The average molecular weight is 344 g/mol. The molecule has 0 fully saturated rings. The summed E-state index contributed by atoms with van der Waals surface area (Å²) in [6.07, 6.45) is 0. The van der Waals surface area contributed by atoms with Gasteiger partial charge in [-0.15, -0.1) is 5.10 Å². The maximum atomic E-state index is 4.02. The van der Waals surface area contributed by atoms with E-state index in [9.17, 15) is 0 Å². The van der Waals surface area contributed by atoms with Crippen LogP contribution in [-0.2, 0) is 13.6 Å². The standard InChI is InChI=1S/C15H14BrN5/c1-21-15(18-19-20-21)12-3-2-4-14(9-12)17-10-11-5-7-13(16)8-6-11/h2-9,17H,10H2,1H3. The summed E-state index contributed by atoms with van der Waals surface area (Å²) >= 11 is 3.44. The summed E-state index contributed by atoms with van der Waals surface area (Å²) in [5.41, 5.74) is 3.26. The fourth-order valence-corrected chi connectivity index (χ4v) is 2.31. The van der Waals surface area contributed by atoms with Crippen LogP contribution in [0.2, 0.25) is 0 Å². The van der Waals surface area contributed by atoms with Crippen molar-refractivity contribution in [3.05, 3.63) is 58.6 Å². The van der Waals surface area contributed by atoms with E-state index in [-0.39, 0.29) is 0 Å². The summed E-state index contributed by atoms with van der Waals surface area (Å²) in [6.45, 7) is 0.772. The maximum Gasteiger partial charge on any atom is 0.181 e. The quantitative estimate of drug-likeness (QED) is 0.789. The molecular formula is C15H14BrN5. The van der Waals surface area contributed by atoms with E-state index in [2.05, 4.69) is 48.9 Å². The number of aryl methyl sites for hydroxylation is 1. The number of nitrogens with one attached hydrogen (secondary N) is 1. The van der Waals surface area contributed by atoms with Crippen LogP contribution in [0.15, 0.2) is 53.0 Å². The van der Waals surface area contributed by atoms with Crippen LogP contribution in [0.3, 0.4) is 0 Å². The van der Waals surface area contributed by atoms with E-state index in [1.807, 2.05) is 43.4 Å². The van der Waals surface area contributed by atoms with Crippen molar-refractivity contribution in [2.45, 2.75) is 6.54 Å². The predicted octanol–water partition coefficient (Wildman–Crippen LogP) is 3.25. The van der Waals surface area contributed by atoms with Crippen molar-refractivity contribution < 1.29 is 0 Å². The van der Waals surface area contributed by atoms with Crippen molar-refractivity contribution in [1.82, 2.24) is 20.2 Å². The highest BCUT2D eigenvalue weighted by Gasteiger charge is 2.06. The number of hydrogen-bond acceptors (Lipinski definition) is 4. The first kappa shape index (κ1) is 13.8. The van der Waals surface area contributed by atoms with Crippen molar-refractivity contribution in [1.29, 1.82) is 0 Å². The van der Waals surface area contributed by atoms with Crippen molar-refractivity contribution in [2.24, 2.45) is 7.05 Å². The van der Waals surface area contributed by atoms with Gasteiger partial charge in [-0.05, 0) is 40.3 Å². The summed E-state index contributed by atoms with van der Waals surface area (Å²) < 4.78 is 2.75. The molecule has 1 heterocycles. The molecule has 6 heteroatoms. The second-order valence-corrected chi connectivity index (χ2v) is 5.60. The van der Waals surface area contributed by atoms with Crippen molar-refractivity contribution in [3.8, 4) is 11.4 Å². The Labute approximate surface area is 131 Å². The highest BCUT2D eigenvalue weighted by molar-refractivity contribution is 9.10. The van der Waals surface area contributed by atoms with Crippen LogP contribution in [0.25, 0.3) is 11.4 Å². The zero-order chi connectivity index (χ0) is 14.7. The zero-order valence-electron chi connectivity index (χ0n) is 11.5. The Morgan fingerprint density at radius 1 is 1.14 bits per heavy atom. The lowest BCUT2D eigenvalue weighted by Gasteiger charge is -2.08. The molecule has 5 nitrogen and oxygen atoms in total. The Hall–Kier alpha value is -2.21. The smallest absolute Gasteiger partial charge is 0.181 e. The third-order valence-electron chi connectivity index (χ3n) is 3.15. The SMILES string of the molecule is Cn1nnnc1-c1cccc(NCc2ccc(Br)cc2)c1. The number of halogens is 1. The molecule has 0 saturated carbocycles. The molecule has 0 saturated heterocycles. The van der Waals surface area contributed by atoms with Gasteiger partial charge in [0, 0.05) is 29.3 Å². The summed E-state index contributed by atoms with van der Waals surface area (Å²) in [6, 6.07) is 16.3. The first-order valence-corrected chi connectivity index (χ1v) is 7.33. The van der Waals surface area contributed by atoms with Crippen LogP contribution in [0.1, 0.15) is 5.56 Å². The Morgan fingerprint density at radius 2 is 1.95 bits per heavy atom. The van der Waals surface area contributed by atoms with Crippen LogP contribution < -0.4 is 5.32 Å². The fourth-order valence-electron chi connectivity index (χ4n) is 2.05. The van der Waals surface area contributed by atoms with Crippen LogP contribution >= 0.6 is 15.9 Å². The highest BCUT2D eigenvalue weighted by Crippen LogP contribution is 2.20. The number of aromatic nitrogens is 4. The molecule has 3 aromatic rings. The second-order valence-electron chi connectivity index (χ2n) is 4.69. The molecular weight excluding hydrogens is 330 g/mol. The van der Waals surface area contributed by atoms with Gasteiger partial charge >= 0.3 is 0 Å². The Bertz CT molecular complexity index is 736. The van der Waals surface area contributed by atoms with Crippen molar-refractivity contribution in [3.63, 3.8) is 0 Å². The van der Waals surface area contributed by atoms with Crippen LogP contribution in [0.5, 0.6) is 0 Å². The van der Waals surface area contributed by atoms with Gasteiger partial charge in [-0.1, -0.05) is 40.2 Å². The normalized spacial score (nSPS) is 10.6. The highest BCUT2D eigenvalue weighted by atomic mass is 79.9. The van der Waals surface area contributed by atoms with E-state index >= 15 is 0 Å². The van der Waals surface area contributed by atoms with Gasteiger partial charge in [-0.2, -0.15) is 0 Å². The number of benzene rings is 2.